The number of benzene rings is 6. The van der Waals surface area contributed by atoms with Crippen molar-refractivity contribution in [3.8, 4) is 22.6 Å². The summed E-state index contributed by atoms with van der Waals surface area (Å²) in [7, 11) is 0. The second-order valence-electron chi connectivity index (χ2n) is 14.0. The molecule has 0 fully saturated rings. The van der Waals surface area contributed by atoms with Gasteiger partial charge < -0.3 is 4.42 Å². The molecule has 9 rings (SSSR count). The summed E-state index contributed by atoms with van der Waals surface area (Å²) in [6, 6.07) is 37.3. The number of rotatable bonds is 4. The molecule has 0 saturated carbocycles. The first-order chi connectivity index (χ1) is 25.9. The lowest BCUT2D eigenvalue weighted by atomic mass is 9.58. The number of hydrogen-bond acceptors (Lipinski definition) is 2. The molecule has 2 atom stereocenters. The molecular weight excluding hydrogens is 697 g/mol. The van der Waals surface area contributed by atoms with E-state index < -0.39 is 34.8 Å². The molecule has 0 radical (unpaired) electrons. The predicted octanol–water partition coefficient (Wildman–Crippen LogP) is 13.4. The van der Waals surface area contributed by atoms with E-state index in [1.165, 1.54) is 0 Å². The van der Waals surface area contributed by atoms with Crippen molar-refractivity contribution in [1.29, 1.82) is 0 Å². The lowest BCUT2D eigenvalue weighted by Gasteiger charge is -2.45. The molecule has 0 saturated heterocycles. The summed E-state index contributed by atoms with van der Waals surface area (Å²) in [5.41, 5.74) is 4.80. The molecule has 2 aliphatic carbocycles. The van der Waals surface area contributed by atoms with Crippen LogP contribution in [0.3, 0.4) is 0 Å². The second kappa shape index (κ2) is 12.2. The van der Waals surface area contributed by atoms with Crippen LogP contribution in [0, 0.1) is 5.41 Å². The van der Waals surface area contributed by atoms with E-state index in [9.17, 15) is 26.3 Å². The van der Waals surface area contributed by atoms with Crippen LogP contribution in [0.4, 0.5) is 26.3 Å². The minimum Gasteiger partial charge on any atom is -0.436 e. The number of nitrogens with zero attached hydrogens (tertiary/aromatic N) is 1. The lowest BCUT2D eigenvalue weighted by molar-refractivity contribution is -0.143. The molecule has 1 aromatic heterocycles. The summed E-state index contributed by atoms with van der Waals surface area (Å²) in [5, 5.41) is 1.99. The van der Waals surface area contributed by atoms with Gasteiger partial charge in [-0.2, -0.15) is 26.3 Å². The number of oxazole rings is 1. The first-order valence-electron chi connectivity index (χ1n) is 17.4. The number of hydrogen-bond donors (Lipinski definition) is 0. The van der Waals surface area contributed by atoms with E-state index >= 15 is 0 Å². The monoisotopic (exact) mass is 725 g/mol. The molecule has 0 N–H and O–H groups in total. The van der Waals surface area contributed by atoms with Gasteiger partial charge in [-0.25, -0.2) is 4.98 Å². The normalized spacial score (nSPS) is 18.3. The Morgan fingerprint density at radius 2 is 1.22 bits per heavy atom. The highest BCUT2D eigenvalue weighted by Crippen LogP contribution is 2.58. The van der Waals surface area contributed by atoms with Crippen molar-refractivity contribution in [2.45, 2.75) is 25.2 Å². The summed E-state index contributed by atoms with van der Waals surface area (Å²) in [6.07, 6.45) is -2.44. The minimum atomic E-state index is -4.96. The fraction of sp³-hybridized carbons (Fsp3) is 0.109. The number of fused-ring (bicyclic) bond motifs is 4. The molecule has 0 bridgehead atoms. The minimum absolute atomic E-state index is 0.0449. The fourth-order valence-electron chi connectivity index (χ4n) is 8.09. The summed E-state index contributed by atoms with van der Waals surface area (Å²) >= 11 is 0. The standard InChI is InChI=1S/C46H29F6NO/c1-44-21-7-6-10-38(44)41(36-8-2-3-9-37(36)42(44)33-24-34(45(47,48)49)26-35(25-33)46(50,51)52)32-20-19-30-22-29(17-18-31(30)23-32)27-13-15-28(16-14-27)43-53-39-11-4-5-12-40(39)54-43/h2-26,42H,1H3/t42?,44-/m1/s1. The lowest BCUT2D eigenvalue weighted by Crippen LogP contribution is -2.33. The zero-order chi connectivity index (χ0) is 37.4. The Kier molecular flexibility index (Phi) is 7.61. The van der Waals surface area contributed by atoms with Gasteiger partial charge in [-0.3, -0.25) is 0 Å². The Morgan fingerprint density at radius 3 is 1.93 bits per heavy atom. The Hall–Kier alpha value is -6.15. The maximum atomic E-state index is 14.1. The molecule has 1 unspecified atom stereocenters. The van der Waals surface area contributed by atoms with Gasteiger partial charge in [0.2, 0.25) is 5.89 Å². The van der Waals surface area contributed by atoms with Crippen LogP contribution in [-0.2, 0) is 12.4 Å². The molecule has 0 amide bonds. The van der Waals surface area contributed by atoms with Gasteiger partial charge in [-0.05, 0) is 110 Å². The van der Waals surface area contributed by atoms with Crippen LogP contribution in [0.2, 0.25) is 0 Å². The number of allylic oxidation sites excluding steroid dienone is 5. The van der Waals surface area contributed by atoms with E-state index in [0.717, 1.165) is 73.0 Å². The van der Waals surface area contributed by atoms with Gasteiger partial charge in [0, 0.05) is 16.9 Å². The van der Waals surface area contributed by atoms with Crippen molar-refractivity contribution in [2.75, 3.05) is 0 Å². The molecule has 54 heavy (non-hydrogen) atoms. The maximum Gasteiger partial charge on any atom is 0.416 e. The summed E-state index contributed by atoms with van der Waals surface area (Å²) in [6.45, 7) is 1.89. The van der Waals surface area contributed by atoms with Gasteiger partial charge in [0.25, 0.3) is 0 Å². The molecule has 8 heteroatoms. The molecular formula is C46H29F6NO. The third-order valence-electron chi connectivity index (χ3n) is 10.6. The highest BCUT2D eigenvalue weighted by atomic mass is 19.4. The Labute approximate surface area is 306 Å². The third-order valence-corrected chi connectivity index (χ3v) is 10.6. The number of halogens is 6. The van der Waals surface area contributed by atoms with E-state index in [0.29, 0.717) is 11.5 Å². The molecule has 7 aromatic rings. The van der Waals surface area contributed by atoms with Gasteiger partial charge in [0.1, 0.15) is 5.52 Å². The van der Waals surface area contributed by atoms with E-state index in [1.54, 1.807) is 6.07 Å². The fourth-order valence-corrected chi connectivity index (χ4v) is 8.09. The van der Waals surface area contributed by atoms with Gasteiger partial charge in [-0.15, -0.1) is 0 Å². The van der Waals surface area contributed by atoms with Gasteiger partial charge >= 0.3 is 12.4 Å². The van der Waals surface area contributed by atoms with Crippen LogP contribution in [0.15, 0.2) is 162 Å². The zero-order valence-corrected chi connectivity index (χ0v) is 28.6. The van der Waals surface area contributed by atoms with Crippen molar-refractivity contribution in [2.24, 2.45) is 5.41 Å². The smallest absolute Gasteiger partial charge is 0.416 e. The molecule has 6 aromatic carbocycles. The number of alkyl halides is 6. The molecule has 0 aliphatic heterocycles. The van der Waals surface area contributed by atoms with E-state index in [4.69, 9.17) is 4.42 Å². The average Bonchev–Trinajstić information content (AvgIpc) is 3.60. The van der Waals surface area contributed by atoms with Crippen LogP contribution in [-0.4, -0.2) is 4.98 Å². The summed E-state index contributed by atoms with van der Waals surface area (Å²) in [5.74, 6) is -0.269. The van der Waals surface area contributed by atoms with E-state index in [-0.39, 0.29) is 11.6 Å². The van der Waals surface area contributed by atoms with Crippen LogP contribution < -0.4 is 0 Å². The SMILES string of the molecule is C[C@@]12C=CC=CC1=C(c1ccc3cc(-c4ccc(-c5nc6ccccc6o5)cc4)ccc3c1)c1ccccc1C2c1cc(C(F)(F)F)cc(C(F)(F)F)c1. The quantitative estimate of drug-likeness (QED) is 0.169. The third kappa shape index (κ3) is 5.64. The Morgan fingerprint density at radius 1 is 0.611 bits per heavy atom. The summed E-state index contributed by atoms with van der Waals surface area (Å²) < 4.78 is 90.3. The van der Waals surface area contributed by atoms with Crippen LogP contribution >= 0.6 is 0 Å². The van der Waals surface area contributed by atoms with E-state index in [2.05, 4.69) is 29.2 Å². The number of para-hydroxylation sites is 2. The van der Waals surface area contributed by atoms with Crippen LogP contribution in [0.1, 0.15) is 46.2 Å². The van der Waals surface area contributed by atoms with Crippen molar-refractivity contribution < 1.29 is 30.8 Å². The van der Waals surface area contributed by atoms with Crippen molar-refractivity contribution in [3.63, 3.8) is 0 Å². The van der Waals surface area contributed by atoms with E-state index in [1.807, 2.05) is 110 Å². The maximum absolute atomic E-state index is 14.1. The molecule has 266 valence electrons. The second-order valence-corrected chi connectivity index (χ2v) is 14.0. The van der Waals surface area contributed by atoms with Crippen LogP contribution in [0.5, 0.6) is 0 Å². The number of aromatic nitrogens is 1. The molecule has 2 aliphatic rings. The molecule has 1 heterocycles. The molecule has 0 spiro atoms. The highest BCUT2D eigenvalue weighted by Gasteiger charge is 2.46. The largest absolute Gasteiger partial charge is 0.436 e. The average molecular weight is 726 g/mol. The van der Waals surface area contributed by atoms with Crippen LogP contribution in [0.25, 0.3) is 50.0 Å². The first-order valence-corrected chi connectivity index (χ1v) is 17.4. The Balaban J connectivity index is 1.12. The zero-order valence-electron chi connectivity index (χ0n) is 28.6. The predicted molar refractivity (Wildman–Crippen MR) is 200 cm³/mol. The van der Waals surface area contributed by atoms with Gasteiger partial charge in [0.05, 0.1) is 11.1 Å². The Bertz CT molecular complexity index is 2650. The van der Waals surface area contributed by atoms with Gasteiger partial charge in [-0.1, -0.05) is 104 Å². The van der Waals surface area contributed by atoms with Crippen molar-refractivity contribution >= 4 is 27.4 Å². The van der Waals surface area contributed by atoms with Gasteiger partial charge in [0.15, 0.2) is 5.58 Å². The van der Waals surface area contributed by atoms with Crippen molar-refractivity contribution in [3.05, 3.63) is 191 Å². The summed E-state index contributed by atoms with van der Waals surface area (Å²) in [4.78, 5) is 4.60. The van der Waals surface area contributed by atoms with Crippen molar-refractivity contribution in [1.82, 2.24) is 4.98 Å². The molecule has 2 nitrogen and oxygen atoms in total. The topological polar surface area (TPSA) is 26.0 Å². The first kappa shape index (κ1) is 33.7. The highest BCUT2D eigenvalue weighted by molar-refractivity contribution is 5.95.